The fraction of sp³-hybridized carbons (Fsp3) is 0.556. The van der Waals surface area contributed by atoms with E-state index >= 15 is 0 Å². The van der Waals surface area contributed by atoms with Crippen LogP contribution in [0.5, 0.6) is 0 Å². The number of aromatic nitrogens is 2. The summed E-state index contributed by atoms with van der Waals surface area (Å²) in [5.74, 6) is -1.21. The van der Waals surface area contributed by atoms with Gasteiger partial charge < -0.3 is 10.4 Å². The standard InChI is InChI=1S/C9H13N3O3S/c1-2-6(3-8(13)14)4-10-9(15)7-5-11-16-12-7/h5-6H,2-4H2,1H3,(H,10,15)(H,13,14). The van der Waals surface area contributed by atoms with Crippen molar-refractivity contribution in [1.29, 1.82) is 0 Å². The average Bonchev–Trinajstić information content (AvgIpc) is 2.76. The largest absolute Gasteiger partial charge is 0.481 e. The molecule has 1 atom stereocenters. The molecule has 1 aromatic rings. The predicted octanol–water partition coefficient (Wildman–Crippen LogP) is 0.769. The number of carbonyl (C=O) groups is 2. The van der Waals surface area contributed by atoms with Crippen LogP contribution in [0.4, 0.5) is 0 Å². The van der Waals surface area contributed by atoms with Crippen LogP contribution in [0.3, 0.4) is 0 Å². The first-order valence-electron chi connectivity index (χ1n) is 4.91. The molecule has 0 aliphatic rings. The maximum atomic E-state index is 11.5. The van der Waals surface area contributed by atoms with Crippen molar-refractivity contribution in [2.45, 2.75) is 19.8 Å². The molecule has 2 N–H and O–H groups in total. The van der Waals surface area contributed by atoms with Gasteiger partial charge in [-0.25, -0.2) is 0 Å². The van der Waals surface area contributed by atoms with Crippen molar-refractivity contribution in [3.8, 4) is 0 Å². The topological polar surface area (TPSA) is 92.2 Å². The zero-order valence-electron chi connectivity index (χ0n) is 8.84. The van der Waals surface area contributed by atoms with Crippen LogP contribution < -0.4 is 5.32 Å². The summed E-state index contributed by atoms with van der Waals surface area (Å²) in [6.07, 6.45) is 2.16. The van der Waals surface area contributed by atoms with E-state index in [1.807, 2.05) is 6.92 Å². The van der Waals surface area contributed by atoms with Crippen molar-refractivity contribution in [1.82, 2.24) is 14.1 Å². The van der Waals surface area contributed by atoms with E-state index in [4.69, 9.17) is 5.11 Å². The van der Waals surface area contributed by atoms with Crippen molar-refractivity contribution >= 4 is 23.6 Å². The van der Waals surface area contributed by atoms with Crippen molar-refractivity contribution in [2.75, 3.05) is 6.54 Å². The van der Waals surface area contributed by atoms with E-state index in [2.05, 4.69) is 14.1 Å². The average molecular weight is 243 g/mol. The molecular formula is C9H13N3O3S. The number of carboxylic acid groups (broad SMARTS) is 1. The number of carbonyl (C=O) groups excluding carboxylic acids is 1. The van der Waals surface area contributed by atoms with Crippen LogP contribution >= 0.6 is 11.7 Å². The fourth-order valence-corrected chi connectivity index (χ4v) is 1.61. The summed E-state index contributed by atoms with van der Waals surface area (Å²) < 4.78 is 7.50. The molecule has 0 fully saturated rings. The van der Waals surface area contributed by atoms with E-state index in [9.17, 15) is 9.59 Å². The Balaban J connectivity index is 2.38. The van der Waals surface area contributed by atoms with E-state index in [1.54, 1.807) is 0 Å². The Hall–Kier alpha value is -1.50. The number of hydrogen-bond acceptors (Lipinski definition) is 5. The van der Waals surface area contributed by atoms with Gasteiger partial charge in [0.15, 0.2) is 5.69 Å². The molecule has 0 radical (unpaired) electrons. The number of carboxylic acids is 1. The van der Waals surface area contributed by atoms with Crippen molar-refractivity contribution < 1.29 is 14.7 Å². The Morgan fingerprint density at radius 2 is 2.38 bits per heavy atom. The summed E-state index contributed by atoms with van der Waals surface area (Å²) in [7, 11) is 0. The molecule has 0 aromatic carbocycles. The molecule has 1 rings (SSSR count). The third kappa shape index (κ3) is 3.93. The molecule has 16 heavy (non-hydrogen) atoms. The Kier molecular flexibility index (Phi) is 4.84. The van der Waals surface area contributed by atoms with Gasteiger partial charge in [-0.2, -0.15) is 8.75 Å². The van der Waals surface area contributed by atoms with Gasteiger partial charge in [-0.3, -0.25) is 9.59 Å². The second-order valence-corrected chi connectivity index (χ2v) is 3.93. The first-order chi connectivity index (χ1) is 7.63. The number of nitrogens with one attached hydrogen (secondary N) is 1. The second-order valence-electron chi connectivity index (χ2n) is 3.37. The highest BCUT2D eigenvalue weighted by Crippen LogP contribution is 2.07. The molecule has 0 aliphatic carbocycles. The quantitative estimate of drug-likeness (QED) is 0.769. The molecule has 88 valence electrons. The molecule has 0 saturated heterocycles. The zero-order chi connectivity index (χ0) is 12.0. The highest BCUT2D eigenvalue weighted by Gasteiger charge is 2.14. The minimum absolute atomic E-state index is 0.0481. The van der Waals surface area contributed by atoms with Crippen molar-refractivity contribution in [3.05, 3.63) is 11.9 Å². The molecule has 1 aromatic heterocycles. The molecule has 6 nitrogen and oxygen atoms in total. The van der Waals surface area contributed by atoms with Crippen LogP contribution in [0, 0.1) is 5.92 Å². The minimum Gasteiger partial charge on any atom is -0.481 e. The smallest absolute Gasteiger partial charge is 0.303 e. The third-order valence-corrected chi connectivity index (χ3v) is 2.66. The molecule has 0 aliphatic heterocycles. The third-order valence-electron chi connectivity index (χ3n) is 2.19. The summed E-state index contributed by atoms with van der Waals surface area (Å²) in [4.78, 5) is 22.0. The lowest BCUT2D eigenvalue weighted by molar-refractivity contribution is -0.138. The normalized spacial score (nSPS) is 12.1. The Morgan fingerprint density at radius 3 is 2.88 bits per heavy atom. The van der Waals surface area contributed by atoms with E-state index in [0.717, 1.165) is 11.7 Å². The molecule has 1 heterocycles. The van der Waals surface area contributed by atoms with Crippen LogP contribution in [-0.4, -0.2) is 32.3 Å². The first kappa shape index (κ1) is 12.6. The van der Waals surface area contributed by atoms with Crippen LogP contribution in [-0.2, 0) is 4.79 Å². The SMILES string of the molecule is CCC(CNC(=O)c1cnsn1)CC(=O)O. The predicted molar refractivity (Wildman–Crippen MR) is 58.3 cm³/mol. The zero-order valence-corrected chi connectivity index (χ0v) is 9.66. The molecule has 1 unspecified atom stereocenters. The number of amides is 1. The lowest BCUT2D eigenvalue weighted by Crippen LogP contribution is -2.30. The fourth-order valence-electron chi connectivity index (χ4n) is 1.20. The van der Waals surface area contributed by atoms with Gasteiger partial charge in [0.2, 0.25) is 0 Å². The van der Waals surface area contributed by atoms with Gasteiger partial charge in [0.05, 0.1) is 17.9 Å². The van der Waals surface area contributed by atoms with Gasteiger partial charge in [0.25, 0.3) is 5.91 Å². The maximum absolute atomic E-state index is 11.5. The van der Waals surface area contributed by atoms with E-state index < -0.39 is 5.97 Å². The minimum atomic E-state index is -0.851. The molecule has 1 amide bonds. The summed E-state index contributed by atoms with van der Waals surface area (Å²) in [5, 5.41) is 11.3. The Bertz CT molecular complexity index is 353. The van der Waals surface area contributed by atoms with Crippen molar-refractivity contribution in [3.63, 3.8) is 0 Å². The van der Waals surface area contributed by atoms with Crippen LogP contribution in [0.25, 0.3) is 0 Å². The highest BCUT2D eigenvalue weighted by molar-refractivity contribution is 6.99. The van der Waals surface area contributed by atoms with Crippen molar-refractivity contribution in [2.24, 2.45) is 5.92 Å². The molecular weight excluding hydrogens is 230 g/mol. The number of nitrogens with zero attached hydrogens (tertiary/aromatic N) is 2. The highest BCUT2D eigenvalue weighted by atomic mass is 32.1. The summed E-state index contributed by atoms with van der Waals surface area (Å²) in [5.41, 5.74) is 0.273. The molecule has 7 heteroatoms. The van der Waals surface area contributed by atoms with Crippen LogP contribution in [0.15, 0.2) is 6.20 Å². The molecule has 0 saturated carbocycles. The monoisotopic (exact) mass is 243 g/mol. The Morgan fingerprint density at radius 1 is 1.62 bits per heavy atom. The summed E-state index contributed by atoms with van der Waals surface area (Å²) >= 11 is 0.964. The number of rotatable bonds is 6. The number of hydrogen-bond donors (Lipinski definition) is 2. The van der Waals surface area contributed by atoms with Gasteiger partial charge in [-0.1, -0.05) is 13.3 Å². The lowest BCUT2D eigenvalue weighted by atomic mass is 10.0. The van der Waals surface area contributed by atoms with Gasteiger partial charge in [0.1, 0.15) is 0 Å². The maximum Gasteiger partial charge on any atom is 0.303 e. The Labute approximate surface area is 97.0 Å². The van der Waals surface area contributed by atoms with E-state index in [1.165, 1.54) is 6.20 Å². The van der Waals surface area contributed by atoms with Gasteiger partial charge in [0, 0.05) is 13.0 Å². The first-order valence-corrected chi connectivity index (χ1v) is 5.64. The lowest BCUT2D eigenvalue weighted by Gasteiger charge is -2.12. The van der Waals surface area contributed by atoms with Gasteiger partial charge >= 0.3 is 5.97 Å². The number of aliphatic carboxylic acids is 1. The summed E-state index contributed by atoms with van der Waals surface area (Å²) in [6.45, 7) is 2.24. The van der Waals surface area contributed by atoms with E-state index in [-0.39, 0.29) is 23.9 Å². The van der Waals surface area contributed by atoms with E-state index in [0.29, 0.717) is 13.0 Å². The molecule has 0 spiro atoms. The van der Waals surface area contributed by atoms with Crippen LogP contribution in [0.1, 0.15) is 30.3 Å². The van der Waals surface area contributed by atoms with Crippen LogP contribution in [0.2, 0.25) is 0 Å². The second kappa shape index (κ2) is 6.16. The van der Waals surface area contributed by atoms with Gasteiger partial charge in [-0.05, 0) is 5.92 Å². The van der Waals surface area contributed by atoms with Gasteiger partial charge in [-0.15, -0.1) is 0 Å². The summed E-state index contributed by atoms with van der Waals surface area (Å²) in [6, 6.07) is 0. The molecule has 0 bridgehead atoms.